The lowest BCUT2D eigenvalue weighted by Crippen LogP contribution is -2.34. The molecule has 0 atom stereocenters. The molecular formula is C16H19NO2. The van der Waals surface area contributed by atoms with E-state index in [1.165, 1.54) is 0 Å². The molecule has 0 aliphatic carbocycles. The highest BCUT2D eigenvalue weighted by molar-refractivity contribution is 5.76. The molecule has 3 nitrogen and oxygen atoms in total. The third-order valence-electron chi connectivity index (χ3n) is 3.19. The van der Waals surface area contributed by atoms with Gasteiger partial charge in [0.2, 0.25) is 5.91 Å². The zero-order valence-corrected chi connectivity index (χ0v) is 11.1. The summed E-state index contributed by atoms with van der Waals surface area (Å²) in [6, 6.07) is 7.96. The van der Waals surface area contributed by atoms with Crippen molar-refractivity contribution in [1.29, 1.82) is 0 Å². The van der Waals surface area contributed by atoms with Gasteiger partial charge in [0.1, 0.15) is 0 Å². The minimum absolute atomic E-state index is 0.0922. The van der Waals surface area contributed by atoms with Crippen molar-refractivity contribution in [3.05, 3.63) is 35.4 Å². The third-order valence-corrected chi connectivity index (χ3v) is 3.19. The number of carbonyl (C=O) groups excluding carboxylic acids is 1. The van der Waals surface area contributed by atoms with Gasteiger partial charge in [-0.2, -0.15) is 0 Å². The molecule has 0 unspecified atom stereocenters. The van der Waals surface area contributed by atoms with Crippen molar-refractivity contribution in [2.45, 2.75) is 32.2 Å². The van der Waals surface area contributed by atoms with Crippen LogP contribution in [0.15, 0.2) is 24.3 Å². The van der Waals surface area contributed by atoms with Crippen LogP contribution in [0.5, 0.6) is 0 Å². The minimum atomic E-state index is 0.0922. The van der Waals surface area contributed by atoms with E-state index in [9.17, 15) is 4.79 Å². The zero-order chi connectivity index (χ0) is 13.5. The molecule has 1 aliphatic rings. The summed E-state index contributed by atoms with van der Waals surface area (Å²) in [7, 11) is 0. The maximum Gasteiger partial charge on any atom is 0.222 e. The van der Waals surface area contributed by atoms with Crippen molar-refractivity contribution in [3.8, 4) is 11.8 Å². The summed E-state index contributed by atoms with van der Waals surface area (Å²) in [5, 5.41) is 8.70. The van der Waals surface area contributed by atoms with Gasteiger partial charge in [-0.15, -0.1) is 0 Å². The number of piperidine rings is 1. The number of benzene rings is 1. The second-order valence-electron chi connectivity index (χ2n) is 4.75. The summed E-state index contributed by atoms with van der Waals surface area (Å²) in [5.41, 5.74) is 2.06. The van der Waals surface area contributed by atoms with Crippen molar-refractivity contribution in [2.24, 2.45) is 0 Å². The fourth-order valence-electron chi connectivity index (χ4n) is 2.22. The Morgan fingerprint density at radius 1 is 1.32 bits per heavy atom. The van der Waals surface area contributed by atoms with E-state index in [2.05, 4.69) is 11.8 Å². The molecule has 1 heterocycles. The van der Waals surface area contributed by atoms with Crippen molar-refractivity contribution in [1.82, 2.24) is 4.90 Å². The van der Waals surface area contributed by atoms with Gasteiger partial charge in [-0.05, 0) is 30.5 Å². The van der Waals surface area contributed by atoms with E-state index >= 15 is 0 Å². The standard InChI is InChI=1S/C16H19NO2/c18-11-4-2-6-14-7-5-8-15(12-14)13-17-10-3-1-9-16(17)19/h5,7-8,12,18H,1,3-4,9-11,13H2. The lowest BCUT2D eigenvalue weighted by molar-refractivity contribution is -0.133. The summed E-state index contributed by atoms with van der Waals surface area (Å²) in [6.45, 7) is 1.63. The van der Waals surface area contributed by atoms with Crippen molar-refractivity contribution >= 4 is 5.91 Å². The molecule has 100 valence electrons. The number of nitrogens with zero attached hydrogens (tertiary/aromatic N) is 1. The predicted octanol–water partition coefficient (Wildman–Crippen LogP) is 1.93. The number of likely N-dealkylation sites (tertiary alicyclic amines) is 1. The fourth-order valence-corrected chi connectivity index (χ4v) is 2.22. The highest BCUT2D eigenvalue weighted by Crippen LogP contribution is 2.15. The number of carbonyl (C=O) groups is 1. The third kappa shape index (κ3) is 4.11. The molecule has 19 heavy (non-hydrogen) atoms. The topological polar surface area (TPSA) is 40.5 Å². The molecule has 1 aromatic rings. The highest BCUT2D eigenvalue weighted by Gasteiger charge is 2.17. The van der Waals surface area contributed by atoms with E-state index in [1.54, 1.807) is 0 Å². The Labute approximate surface area is 114 Å². The molecule has 1 aromatic carbocycles. The summed E-state index contributed by atoms with van der Waals surface area (Å²) in [4.78, 5) is 13.7. The van der Waals surface area contributed by atoms with E-state index in [-0.39, 0.29) is 12.5 Å². The molecular weight excluding hydrogens is 238 g/mol. The van der Waals surface area contributed by atoms with Crippen LogP contribution in [-0.2, 0) is 11.3 Å². The maximum absolute atomic E-state index is 11.8. The monoisotopic (exact) mass is 257 g/mol. The Hall–Kier alpha value is -1.79. The maximum atomic E-state index is 11.8. The quantitative estimate of drug-likeness (QED) is 0.841. The molecule has 0 radical (unpaired) electrons. The van der Waals surface area contributed by atoms with Gasteiger partial charge in [0, 0.05) is 31.5 Å². The average molecular weight is 257 g/mol. The Balaban J connectivity index is 2.02. The van der Waals surface area contributed by atoms with E-state index in [0.717, 1.165) is 30.5 Å². The first-order valence-electron chi connectivity index (χ1n) is 6.76. The van der Waals surface area contributed by atoms with Gasteiger partial charge in [-0.3, -0.25) is 4.79 Å². The zero-order valence-electron chi connectivity index (χ0n) is 11.1. The fraction of sp³-hybridized carbons (Fsp3) is 0.438. The Morgan fingerprint density at radius 3 is 3.00 bits per heavy atom. The summed E-state index contributed by atoms with van der Waals surface area (Å²) in [5.74, 6) is 6.18. The molecule has 1 aliphatic heterocycles. The number of hydrogen-bond acceptors (Lipinski definition) is 2. The molecule has 1 N–H and O–H groups in total. The average Bonchev–Trinajstić information content (AvgIpc) is 2.42. The molecule has 1 saturated heterocycles. The number of hydrogen-bond donors (Lipinski definition) is 1. The smallest absolute Gasteiger partial charge is 0.222 e. The first-order valence-corrected chi connectivity index (χ1v) is 6.76. The molecule has 1 amide bonds. The van der Waals surface area contributed by atoms with Gasteiger partial charge >= 0.3 is 0 Å². The molecule has 3 heteroatoms. The lowest BCUT2D eigenvalue weighted by Gasteiger charge is -2.26. The second-order valence-corrected chi connectivity index (χ2v) is 4.75. The molecule has 0 aromatic heterocycles. The normalized spacial score (nSPS) is 15.0. The summed E-state index contributed by atoms with van der Waals surface area (Å²) >= 11 is 0. The number of rotatable bonds is 3. The number of aliphatic hydroxyl groups is 1. The number of aliphatic hydroxyl groups excluding tert-OH is 1. The molecule has 0 bridgehead atoms. The Bertz CT molecular complexity index is 499. The minimum Gasteiger partial charge on any atom is -0.395 e. The predicted molar refractivity (Wildman–Crippen MR) is 74.3 cm³/mol. The van der Waals surface area contributed by atoms with Crippen LogP contribution in [0.3, 0.4) is 0 Å². The van der Waals surface area contributed by atoms with Gasteiger partial charge in [0.25, 0.3) is 0 Å². The molecule has 2 rings (SSSR count). The van der Waals surface area contributed by atoms with Gasteiger partial charge in [-0.25, -0.2) is 0 Å². The van der Waals surface area contributed by atoms with E-state index < -0.39 is 0 Å². The largest absolute Gasteiger partial charge is 0.395 e. The van der Waals surface area contributed by atoms with E-state index in [0.29, 0.717) is 19.4 Å². The first-order chi connectivity index (χ1) is 9.29. The van der Waals surface area contributed by atoms with Crippen LogP contribution >= 0.6 is 0 Å². The van der Waals surface area contributed by atoms with Gasteiger partial charge < -0.3 is 10.0 Å². The van der Waals surface area contributed by atoms with Crippen LogP contribution in [0, 0.1) is 11.8 Å². The lowest BCUT2D eigenvalue weighted by atomic mass is 10.1. The van der Waals surface area contributed by atoms with Crippen LogP contribution in [0.4, 0.5) is 0 Å². The van der Waals surface area contributed by atoms with E-state index in [1.807, 2.05) is 29.2 Å². The van der Waals surface area contributed by atoms with Crippen LogP contribution in [0.25, 0.3) is 0 Å². The Morgan fingerprint density at radius 2 is 2.21 bits per heavy atom. The van der Waals surface area contributed by atoms with Crippen LogP contribution in [0.2, 0.25) is 0 Å². The van der Waals surface area contributed by atoms with Crippen molar-refractivity contribution in [2.75, 3.05) is 13.2 Å². The van der Waals surface area contributed by atoms with Crippen LogP contribution in [-0.4, -0.2) is 29.1 Å². The number of amides is 1. The summed E-state index contributed by atoms with van der Waals surface area (Å²) in [6.07, 6.45) is 3.29. The van der Waals surface area contributed by atoms with Crippen molar-refractivity contribution in [3.63, 3.8) is 0 Å². The Kier molecular flexibility index (Phi) is 5.00. The van der Waals surface area contributed by atoms with E-state index in [4.69, 9.17) is 5.11 Å². The molecule has 0 saturated carbocycles. The van der Waals surface area contributed by atoms with Gasteiger partial charge in [-0.1, -0.05) is 24.0 Å². The molecule has 1 fully saturated rings. The highest BCUT2D eigenvalue weighted by atomic mass is 16.2. The van der Waals surface area contributed by atoms with Gasteiger partial charge in [0.05, 0.1) is 6.61 Å². The van der Waals surface area contributed by atoms with Crippen molar-refractivity contribution < 1.29 is 9.90 Å². The summed E-state index contributed by atoms with van der Waals surface area (Å²) < 4.78 is 0. The van der Waals surface area contributed by atoms with Gasteiger partial charge in [0.15, 0.2) is 0 Å². The van der Waals surface area contributed by atoms with Crippen LogP contribution < -0.4 is 0 Å². The SMILES string of the molecule is O=C1CCCCN1Cc1cccc(C#CCCO)c1. The second kappa shape index (κ2) is 6.96. The molecule has 0 spiro atoms. The first kappa shape index (κ1) is 13.6. The van der Waals surface area contributed by atoms with Crippen LogP contribution in [0.1, 0.15) is 36.8 Å².